The lowest BCUT2D eigenvalue weighted by molar-refractivity contribution is 0.0523. The molecule has 4 nitrogen and oxygen atoms in total. The Balaban J connectivity index is 2.21. The molecule has 0 bridgehead atoms. The van der Waals surface area contributed by atoms with Crippen LogP contribution < -0.4 is 0 Å². The van der Waals surface area contributed by atoms with Crippen molar-refractivity contribution in [3.05, 3.63) is 41.8 Å². The maximum Gasteiger partial charge on any atom is 0.341 e. The van der Waals surface area contributed by atoms with Crippen molar-refractivity contribution in [1.29, 1.82) is 0 Å². The summed E-state index contributed by atoms with van der Waals surface area (Å²) in [4.78, 5) is 24.0. The Morgan fingerprint density at radius 1 is 1.38 bits per heavy atom. The zero-order valence-corrected chi connectivity index (χ0v) is 12.1. The SMILES string of the molecule is CCOC(=O)c1c(-c2ccccc2F)cn2c1SCC2=O. The molecule has 3 rings (SSSR count). The molecule has 1 aliphatic heterocycles. The number of benzene rings is 1. The number of hydrogen-bond acceptors (Lipinski definition) is 4. The normalized spacial score (nSPS) is 13.3. The Morgan fingerprint density at radius 2 is 2.14 bits per heavy atom. The Hall–Kier alpha value is -2.08. The van der Waals surface area contributed by atoms with Gasteiger partial charge in [0.25, 0.3) is 0 Å². The number of ether oxygens (including phenoxy) is 1. The summed E-state index contributed by atoms with van der Waals surface area (Å²) < 4.78 is 20.5. The first-order valence-electron chi connectivity index (χ1n) is 6.46. The van der Waals surface area contributed by atoms with E-state index in [9.17, 15) is 14.0 Å². The van der Waals surface area contributed by atoms with Crippen LogP contribution in [0, 0.1) is 5.82 Å². The van der Waals surface area contributed by atoms with Crippen LogP contribution >= 0.6 is 11.8 Å². The summed E-state index contributed by atoms with van der Waals surface area (Å²) in [7, 11) is 0. The van der Waals surface area contributed by atoms with Gasteiger partial charge < -0.3 is 4.74 Å². The lowest BCUT2D eigenvalue weighted by Gasteiger charge is -2.06. The minimum atomic E-state index is -0.535. The van der Waals surface area contributed by atoms with Crippen molar-refractivity contribution < 1.29 is 18.7 Å². The first-order valence-corrected chi connectivity index (χ1v) is 7.45. The van der Waals surface area contributed by atoms with Gasteiger partial charge in [-0.05, 0) is 13.0 Å². The third-order valence-electron chi connectivity index (χ3n) is 3.20. The highest BCUT2D eigenvalue weighted by molar-refractivity contribution is 8.00. The smallest absolute Gasteiger partial charge is 0.341 e. The van der Waals surface area contributed by atoms with Crippen molar-refractivity contribution in [2.45, 2.75) is 11.9 Å². The molecule has 0 unspecified atom stereocenters. The molecule has 21 heavy (non-hydrogen) atoms. The third kappa shape index (κ3) is 2.25. The van der Waals surface area contributed by atoms with Gasteiger partial charge in [0.2, 0.25) is 5.91 Å². The summed E-state index contributed by atoms with van der Waals surface area (Å²) in [6.07, 6.45) is 1.52. The Kier molecular flexibility index (Phi) is 3.55. The summed E-state index contributed by atoms with van der Waals surface area (Å²) in [6.45, 7) is 1.92. The highest BCUT2D eigenvalue weighted by Gasteiger charge is 2.31. The van der Waals surface area contributed by atoms with E-state index >= 15 is 0 Å². The van der Waals surface area contributed by atoms with Crippen LogP contribution in [-0.4, -0.2) is 28.8 Å². The van der Waals surface area contributed by atoms with Gasteiger partial charge in [0.05, 0.1) is 22.9 Å². The molecular weight excluding hydrogens is 293 g/mol. The predicted molar refractivity (Wildman–Crippen MR) is 77.1 cm³/mol. The van der Waals surface area contributed by atoms with Crippen molar-refractivity contribution in [3.8, 4) is 11.1 Å². The molecule has 0 N–H and O–H groups in total. The molecule has 0 spiro atoms. The van der Waals surface area contributed by atoms with Gasteiger partial charge in [0.15, 0.2) is 0 Å². The van der Waals surface area contributed by atoms with Crippen molar-refractivity contribution >= 4 is 23.6 Å². The number of halogens is 1. The van der Waals surface area contributed by atoms with Gasteiger partial charge >= 0.3 is 5.97 Å². The van der Waals surface area contributed by atoms with Crippen molar-refractivity contribution in [3.63, 3.8) is 0 Å². The van der Waals surface area contributed by atoms with Crippen molar-refractivity contribution in [2.75, 3.05) is 12.4 Å². The van der Waals surface area contributed by atoms with Crippen LogP contribution in [-0.2, 0) is 4.74 Å². The van der Waals surface area contributed by atoms with Crippen LogP contribution in [0.4, 0.5) is 4.39 Å². The first kappa shape index (κ1) is 13.9. The van der Waals surface area contributed by atoms with Crippen LogP contribution in [0.2, 0.25) is 0 Å². The lowest BCUT2D eigenvalue weighted by atomic mass is 10.0. The molecule has 2 heterocycles. The molecule has 1 aromatic heterocycles. The molecule has 0 atom stereocenters. The topological polar surface area (TPSA) is 48.3 Å². The fraction of sp³-hybridized carbons (Fsp3) is 0.200. The van der Waals surface area contributed by atoms with E-state index in [4.69, 9.17) is 4.74 Å². The summed E-state index contributed by atoms with van der Waals surface area (Å²) in [5.74, 6) is -0.821. The Bertz CT molecular complexity index is 739. The Morgan fingerprint density at radius 3 is 2.86 bits per heavy atom. The van der Waals surface area contributed by atoms with Crippen LogP contribution in [0.25, 0.3) is 11.1 Å². The van der Waals surface area contributed by atoms with E-state index < -0.39 is 11.8 Å². The van der Waals surface area contributed by atoms with E-state index in [1.165, 1.54) is 28.6 Å². The van der Waals surface area contributed by atoms with Gasteiger partial charge in [-0.1, -0.05) is 30.0 Å². The predicted octanol–water partition coefficient (Wildman–Crippen LogP) is 3.22. The third-order valence-corrected chi connectivity index (χ3v) is 4.27. The fourth-order valence-electron chi connectivity index (χ4n) is 2.30. The Labute approximate surface area is 124 Å². The number of carbonyl (C=O) groups is 2. The quantitative estimate of drug-likeness (QED) is 0.817. The second kappa shape index (κ2) is 5.37. The van der Waals surface area contributed by atoms with Gasteiger partial charge in [-0.3, -0.25) is 9.36 Å². The largest absolute Gasteiger partial charge is 0.462 e. The van der Waals surface area contributed by atoms with Crippen molar-refractivity contribution in [2.24, 2.45) is 0 Å². The molecule has 0 fully saturated rings. The van der Waals surface area contributed by atoms with E-state index in [2.05, 4.69) is 0 Å². The maximum atomic E-state index is 14.0. The molecular formula is C15H12FNO3S. The molecule has 0 amide bonds. The highest BCUT2D eigenvalue weighted by atomic mass is 32.2. The minimum absolute atomic E-state index is 0.122. The van der Waals surface area contributed by atoms with E-state index in [-0.39, 0.29) is 29.4 Å². The second-order valence-electron chi connectivity index (χ2n) is 4.48. The van der Waals surface area contributed by atoms with E-state index in [1.54, 1.807) is 25.1 Å². The van der Waals surface area contributed by atoms with Crippen LogP contribution in [0.5, 0.6) is 0 Å². The number of rotatable bonds is 3. The number of thioether (sulfide) groups is 1. The lowest BCUT2D eigenvalue weighted by Crippen LogP contribution is -2.07. The zero-order chi connectivity index (χ0) is 15.0. The average Bonchev–Trinajstić information content (AvgIpc) is 3.00. The second-order valence-corrected chi connectivity index (χ2v) is 5.44. The first-order chi connectivity index (χ1) is 10.1. The molecule has 0 radical (unpaired) electrons. The molecule has 0 saturated carbocycles. The maximum absolute atomic E-state index is 14.0. The number of aromatic nitrogens is 1. The summed E-state index contributed by atoms with van der Waals surface area (Å²) in [5.41, 5.74) is 0.941. The molecule has 108 valence electrons. The molecule has 6 heteroatoms. The number of fused-ring (bicyclic) bond motifs is 1. The van der Waals surface area contributed by atoms with E-state index in [0.29, 0.717) is 10.6 Å². The van der Waals surface area contributed by atoms with E-state index in [0.717, 1.165) is 0 Å². The van der Waals surface area contributed by atoms with Crippen LogP contribution in [0.3, 0.4) is 0 Å². The van der Waals surface area contributed by atoms with Crippen LogP contribution in [0.15, 0.2) is 35.5 Å². The average molecular weight is 305 g/mol. The van der Waals surface area contributed by atoms with Gasteiger partial charge in [0.1, 0.15) is 5.82 Å². The zero-order valence-electron chi connectivity index (χ0n) is 11.3. The molecule has 0 aliphatic carbocycles. The summed E-state index contributed by atoms with van der Waals surface area (Å²) in [6, 6.07) is 6.16. The van der Waals surface area contributed by atoms with Gasteiger partial charge in [-0.25, -0.2) is 9.18 Å². The highest BCUT2D eigenvalue weighted by Crippen LogP contribution is 2.38. The number of hydrogen-bond donors (Lipinski definition) is 0. The molecule has 1 aromatic carbocycles. The molecule has 1 aliphatic rings. The standard InChI is InChI=1S/C15H12FNO3S/c1-2-20-15(19)13-10(9-5-3-4-6-11(9)16)7-17-12(18)8-21-14(13)17/h3-7H,2,8H2,1H3. The number of esters is 1. The van der Waals surface area contributed by atoms with Gasteiger partial charge in [0, 0.05) is 17.3 Å². The fourth-order valence-corrected chi connectivity index (χ4v) is 3.33. The summed E-state index contributed by atoms with van der Waals surface area (Å²) >= 11 is 1.27. The van der Waals surface area contributed by atoms with Crippen molar-refractivity contribution in [1.82, 2.24) is 4.57 Å². The van der Waals surface area contributed by atoms with E-state index in [1.807, 2.05) is 0 Å². The number of nitrogens with zero attached hydrogens (tertiary/aromatic N) is 1. The monoisotopic (exact) mass is 305 g/mol. The molecule has 0 saturated heterocycles. The van der Waals surface area contributed by atoms with Gasteiger partial charge in [-0.2, -0.15) is 0 Å². The van der Waals surface area contributed by atoms with Crippen LogP contribution in [0.1, 0.15) is 22.1 Å². The number of carbonyl (C=O) groups excluding carboxylic acids is 2. The summed E-state index contributed by atoms with van der Waals surface area (Å²) in [5, 5.41) is 0.525. The molecule has 2 aromatic rings. The van der Waals surface area contributed by atoms with Gasteiger partial charge in [-0.15, -0.1) is 0 Å². The minimum Gasteiger partial charge on any atom is -0.462 e.